The summed E-state index contributed by atoms with van der Waals surface area (Å²) < 4.78 is 1.21. The summed E-state index contributed by atoms with van der Waals surface area (Å²) in [6.45, 7) is 5.45. The monoisotopic (exact) mass is 369 g/mol. The SMILES string of the molecule is O=C(c1cc2ccccc2s1)N(CC[NH+]1CCCC1)C[C@H]1CC=CCC1. The number of thiophene rings is 1. The number of carbonyl (C=O) groups excluding carboxylic acids is 1. The van der Waals surface area contributed by atoms with Gasteiger partial charge in [0.25, 0.3) is 5.91 Å². The molecule has 1 aliphatic heterocycles. The van der Waals surface area contributed by atoms with Crippen molar-refractivity contribution in [1.29, 1.82) is 0 Å². The Balaban J connectivity index is 1.49. The molecule has 0 radical (unpaired) electrons. The molecule has 2 aliphatic rings. The molecule has 0 saturated carbocycles. The lowest BCUT2D eigenvalue weighted by atomic mass is 9.94. The van der Waals surface area contributed by atoms with Crippen LogP contribution >= 0.6 is 11.3 Å². The first-order valence-electron chi connectivity index (χ1n) is 10.1. The van der Waals surface area contributed by atoms with E-state index in [9.17, 15) is 4.79 Å². The molecular weight excluding hydrogens is 340 g/mol. The van der Waals surface area contributed by atoms with Crippen molar-refractivity contribution in [3.8, 4) is 0 Å². The van der Waals surface area contributed by atoms with Crippen molar-refractivity contribution >= 4 is 27.3 Å². The Morgan fingerprint density at radius 1 is 1.19 bits per heavy atom. The minimum absolute atomic E-state index is 0.236. The summed E-state index contributed by atoms with van der Waals surface area (Å²) in [5.41, 5.74) is 0. The molecule has 1 aromatic carbocycles. The van der Waals surface area contributed by atoms with Crippen LogP contribution < -0.4 is 4.90 Å². The molecule has 1 fully saturated rings. The number of benzene rings is 1. The Kier molecular flexibility index (Phi) is 5.71. The lowest BCUT2D eigenvalue weighted by molar-refractivity contribution is -0.886. The number of quaternary nitrogens is 1. The van der Waals surface area contributed by atoms with Gasteiger partial charge >= 0.3 is 0 Å². The molecule has 1 atom stereocenters. The van der Waals surface area contributed by atoms with Gasteiger partial charge in [-0.1, -0.05) is 30.4 Å². The first-order chi connectivity index (χ1) is 12.8. The van der Waals surface area contributed by atoms with E-state index in [1.807, 2.05) is 6.07 Å². The number of fused-ring (bicyclic) bond motifs is 1. The van der Waals surface area contributed by atoms with E-state index < -0.39 is 0 Å². The summed E-state index contributed by atoms with van der Waals surface area (Å²) in [6.07, 6.45) is 10.7. The van der Waals surface area contributed by atoms with Crippen LogP contribution in [0.5, 0.6) is 0 Å². The van der Waals surface area contributed by atoms with Crippen molar-refractivity contribution in [2.45, 2.75) is 32.1 Å². The van der Waals surface area contributed by atoms with Gasteiger partial charge in [-0.25, -0.2) is 0 Å². The fourth-order valence-corrected chi connectivity index (χ4v) is 5.30. The minimum atomic E-state index is 0.236. The summed E-state index contributed by atoms with van der Waals surface area (Å²) in [4.78, 5) is 18.0. The van der Waals surface area contributed by atoms with Crippen LogP contribution in [-0.4, -0.2) is 43.5 Å². The molecule has 1 saturated heterocycles. The maximum Gasteiger partial charge on any atom is 0.264 e. The molecule has 0 spiro atoms. The number of amides is 1. The van der Waals surface area contributed by atoms with Crippen LogP contribution in [0, 0.1) is 5.92 Å². The summed E-state index contributed by atoms with van der Waals surface area (Å²) in [5.74, 6) is 0.853. The molecule has 138 valence electrons. The highest BCUT2D eigenvalue weighted by atomic mass is 32.1. The lowest BCUT2D eigenvalue weighted by Gasteiger charge is -2.28. The smallest absolute Gasteiger partial charge is 0.264 e. The van der Waals surface area contributed by atoms with E-state index in [2.05, 4.69) is 41.3 Å². The van der Waals surface area contributed by atoms with E-state index in [1.54, 1.807) is 16.2 Å². The van der Waals surface area contributed by atoms with Crippen LogP contribution in [0.2, 0.25) is 0 Å². The van der Waals surface area contributed by atoms with Crippen molar-refractivity contribution in [2.75, 3.05) is 32.7 Å². The first-order valence-corrected chi connectivity index (χ1v) is 10.9. The Hall–Kier alpha value is -1.65. The Morgan fingerprint density at radius 3 is 2.81 bits per heavy atom. The number of nitrogens with zero attached hydrogens (tertiary/aromatic N) is 1. The van der Waals surface area contributed by atoms with E-state index in [4.69, 9.17) is 0 Å². The zero-order chi connectivity index (χ0) is 17.8. The normalized spacial score (nSPS) is 20.7. The molecule has 4 rings (SSSR count). The van der Waals surface area contributed by atoms with E-state index in [0.29, 0.717) is 5.92 Å². The second kappa shape index (κ2) is 8.36. The third-order valence-electron chi connectivity index (χ3n) is 5.83. The highest BCUT2D eigenvalue weighted by Crippen LogP contribution is 2.27. The summed E-state index contributed by atoms with van der Waals surface area (Å²) in [6, 6.07) is 10.4. The lowest BCUT2D eigenvalue weighted by Crippen LogP contribution is -3.10. The van der Waals surface area contributed by atoms with Gasteiger partial charge in [0.05, 0.1) is 31.1 Å². The zero-order valence-corrected chi connectivity index (χ0v) is 16.3. The zero-order valence-electron chi connectivity index (χ0n) is 15.5. The van der Waals surface area contributed by atoms with Crippen LogP contribution in [0.4, 0.5) is 0 Å². The standard InChI is InChI=1S/C22H28N2OS/c25-22(21-16-19-10-4-5-11-20(19)26-21)24(15-14-23-12-6-7-13-23)17-18-8-2-1-3-9-18/h1-2,4-5,10-11,16,18H,3,6-9,12-15,17H2/p+1/t18-/m0/s1. The van der Waals surface area contributed by atoms with Gasteiger partial charge in [-0.2, -0.15) is 0 Å². The predicted octanol–water partition coefficient (Wildman–Crippen LogP) is 3.38. The minimum Gasteiger partial charge on any atom is -0.333 e. The van der Waals surface area contributed by atoms with Gasteiger partial charge in [0.15, 0.2) is 0 Å². The number of allylic oxidation sites excluding steroid dienone is 2. The van der Waals surface area contributed by atoms with Crippen LogP contribution in [-0.2, 0) is 0 Å². The van der Waals surface area contributed by atoms with E-state index >= 15 is 0 Å². The molecule has 1 aromatic heterocycles. The van der Waals surface area contributed by atoms with Crippen LogP contribution in [0.3, 0.4) is 0 Å². The average Bonchev–Trinajstić information content (AvgIpc) is 3.34. The van der Waals surface area contributed by atoms with Crippen molar-refractivity contribution in [3.63, 3.8) is 0 Å². The molecule has 2 aromatic rings. The topological polar surface area (TPSA) is 24.8 Å². The number of rotatable bonds is 6. The summed E-state index contributed by atoms with van der Waals surface area (Å²) >= 11 is 1.64. The van der Waals surface area contributed by atoms with Crippen molar-refractivity contribution in [2.24, 2.45) is 5.92 Å². The fraction of sp³-hybridized carbons (Fsp3) is 0.500. The number of hydrogen-bond donors (Lipinski definition) is 1. The third-order valence-corrected chi connectivity index (χ3v) is 6.93. The third kappa shape index (κ3) is 4.18. The van der Waals surface area contributed by atoms with Crippen LogP contribution in [0.1, 0.15) is 41.8 Å². The van der Waals surface area contributed by atoms with E-state index in [-0.39, 0.29) is 5.91 Å². The highest BCUT2D eigenvalue weighted by Gasteiger charge is 2.24. The second-order valence-electron chi connectivity index (χ2n) is 7.76. The van der Waals surface area contributed by atoms with Crippen LogP contribution in [0.25, 0.3) is 10.1 Å². The van der Waals surface area contributed by atoms with Gasteiger partial charge in [-0.15, -0.1) is 11.3 Å². The van der Waals surface area contributed by atoms with Gasteiger partial charge in [0, 0.05) is 24.1 Å². The van der Waals surface area contributed by atoms with Gasteiger partial charge in [0.2, 0.25) is 0 Å². The molecule has 3 nitrogen and oxygen atoms in total. The van der Waals surface area contributed by atoms with E-state index in [1.165, 1.54) is 42.4 Å². The predicted molar refractivity (Wildman–Crippen MR) is 109 cm³/mol. The summed E-state index contributed by atoms with van der Waals surface area (Å²) in [7, 11) is 0. The number of carbonyl (C=O) groups is 1. The number of hydrogen-bond acceptors (Lipinski definition) is 2. The molecule has 2 heterocycles. The fourth-order valence-electron chi connectivity index (χ4n) is 4.27. The molecular formula is C22H29N2OS+. The summed E-state index contributed by atoms with van der Waals surface area (Å²) in [5, 5.41) is 1.19. The van der Waals surface area contributed by atoms with Gasteiger partial charge in [0.1, 0.15) is 0 Å². The maximum atomic E-state index is 13.3. The Bertz CT molecular complexity index is 742. The average molecular weight is 370 g/mol. The molecule has 1 amide bonds. The molecule has 1 aliphatic carbocycles. The van der Waals surface area contributed by atoms with Gasteiger partial charge < -0.3 is 9.80 Å². The molecule has 26 heavy (non-hydrogen) atoms. The quantitative estimate of drug-likeness (QED) is 0.776. The molecule has 0 bridgehead atoms. The van der Waals surface area contributed by atoms with Crippen molar-refractivity contribution in [3.05, 3.63) is 47.4 Å². The van der Waals surface area contributed by atoms with Gasteiger partial charge in [-0.3, -0.25) is 4.79 Å². The van der Waals surface area contributed by atoms with E-state index in [0.717, 1.165) is 37.4 Å². The maximum absolute atomic E-state index is 13.3. The number of nitrogens with one attached hydrogen (secondary N) is 1. The Labute approximate surface area is 160 Å². The van der Waals surface area contributed by atoms with Gasteiger partial charge in [-0.05, 0) is 42.7 Å². The van der Waals surface area contributed by atoms with Crippen molar-refractivity contribution in [1.82, 2.24) is 4.90 Å². The largest absolute Gasteiger partial charge is 0.333 e. The Morgan fingerprint density at radius 2 is 2.04 bits per heavy atom. The number of likely N-dealkylation sites (tertiary alicyclic amines) is 1. The van der Waals surface area contributed by atoms with Crippen LogP contribution in [0.15, 0.2) is 42.5 Å². The highest BCUT2D eigenvalue weighted by molar-refractivity contribution is 7.20. The molecule has 0 unspecified atom stereocenters. The van der Waals surface area contributed by atoms with Crippen molar-refractivity contribution < 1.29 is 9.69 Å². The first kappa shape index (κ1) is 17.7. The molecule has 1 N–H and O–H groups in total. The second-order valence-corrected chi connectivity index (χ2v) is 8.84. The molecule has 4 heteroatoms.